The van der Waals surface area contributed by atoms with E-state index < -0.39 is 47.7 Å². The monoisotopic (exact) mass is 620 g/mol. The van der Waals surface area contributed by atoms with Gasteiger partial charge in [-0.1, -0.05) is 19.6 Å². The molecule has 0 aliphatic carbocycles. The Morgan fingerprint density at radius 2 is 1.28 bits per heavy atom. The highest BCUT2D eigenvalue weighted by Gasteiger charge is 2.45. The number of phenols is 2. The van der Waals surface area contributed by atoms with E-state index in [4.69, 9.17) is 10.8 Å². The molecule has 43 heavy (non-hydrogen) atoms. The summed E-state index contributed by atoms with van der Waals surface area (Å²) >= 11 is 0. The second-order valence-electron chi connectivity index (χ2n) is 9.08. The number of rotatable bonds is 1. The quantitative estimate of drug-likeness (QED) is 0.165. The molecule has 2 saturated heterocycles. The first-order valence-electron chi connectivity index (χ1n) is 12.1. The van der Waals surface area contributed by atoms with Gasteiger partial charge in [0.05, 0.1) is 22.7 Å². The largest absolute Gasteiger partial charge is 1.00 e. The average Bonchev–Trinajstić information content (AvgIpc) is 3.35. The zero-order valence-corrected chi connectivity index (χ0v) is 22.3. The lowest BCUT2D eigenvalue weighted by atomic mass is 10.0. The molecule has 4 heterocycles. The molecule has 0 radical (unpaired) electrons. The van der Waals surface area contributed by atoms with Crippen molar-refractivity contribution >= 4 is 59.8 Å². The summed E-state index contributed by atoms with van der Waals surface area (Å²) in [6.45, 7) is 0. The standard InChI is InChI=1S/C13H10N2O5.C8H4O4.C5H8N2O2.CH4.ClH.H/c16-8-3-1-2-6-10(8)13(20)15(12(6)19)7-4-5-9(17)14-11(7)18;9-5-3-1-2-4-6(5)8(11)12-7(4)10;6-3-1-2-4(8)7-5(3)9;;;/h1-3,7,16H,4-5H2,(H,14,17,18);1-3,9H;3H,1-2,6H2,(H,7,8,9);1H4;1H;/q;;;;;-1/i;;;;;1+1. The normalized spacial score (nSPS) is 20.1. The van der Waals surface area contributed by atoms with Crippen LogP contribution in [0.3, 0.4) is 0 Å². The Balaban J connectivity index is 0.000000348. The molecule has 2 aromatic carbocycles. The second-order valence-corrected chi connectivity index (χ2v) is 9.08. The first-order valence-corrected chi connectivity index (χ1v) is 12.1. The predicted molar refractivity (Wildman–Crippen MR) is 148 cm³/mol. The van der Waals surface area contributed by atoms with Gasteiger partial charge in [0.2, 0.25) is 23.6 Å². The summed E-state index contributed by atoms with van der Waals surface area (Å²) in [5.74, 6) is -5.01. The highest BCUT2D eigenvalue weighted by molar-refractivity contribution is 6.24. The van der Waals surface area contributed by atoms with Gasteiger partial charge in [0.25, 0.3) is 11.8 Å². The summed E-state index contributed by atoms with van der Waals surface area (Å²) in [6, 6.07) is 6.92. The maximum absolute atomic E-state index is 12.2. The number of piperidine rings is 2. The zero-order chi connectivity index (χ0) is 30.0. The highest BCUT2D eigenvalue weighted by Crippen LogP contribution is 2.32. The Hall–Kier alpha value is -5.15. The van der Waals surface area contributed by atoms with Crippen molar-refractivity contribution in [1.82, 2.24) is 15.5 Å². The Kier molecular flexibility index (Phi) is 10.8. The van der Waals surface area contributed by atoms with E-state index in [-0.39, 0.29) is 79.7 Å². The molecule has 0 saturated carbocycles. The topological polar surface area (TPSA) is 240 Å². The summed E-state index contributed by atoms with van der Waals surface area (Å²) in [5.41, 5.74) is 5.34. The maximum Gasteiger partial charge on any atom is 0.350 e. The molecule has 0 bridgehead atoms. The number of hydrogen-bond acceptors (Lipinski definition) is 12. The minimum absolute atomic E-state index is 0. The lowest BCUT2D eigenvalue weighted by Crippen LogP contribution is -2.54. The van der Waals surface area contributed by atoms with E-state index in [2.05, 4.69) is 15.4 Å². The van der Waals surface area contributed by atoms with Crippen molar-refractivity contribution in [2.45, 2.75) is 45.2 Å². The summed E-state index contributed by atoms with van der Waals surface area (Å²) < 4.78 is 4.27. The Bertz CT molecular complexity index is 1550. The Labute approximate surface area is 251 Å². The van der Waals surface area contributed by atoms with Crippen molar-refractivity contribution in [3.05, 3.63) is 58.7 Å². The number of hydrogen-bond donors (Lipinski definition) is 5. The van der Waals surface area contributed by atoms with Crippen molar-refractivity contribution < 1.29 is 54.7 Å². The SMILES string of the molecule is C.Cl.NC1CCC(=O)NC1=O.O=C1CCC(N2C(=O)c3cccc(O)c3C2=O)C(=O)N1.O=C1OC(=O)c2c(O)cccc21.[2H-]. The number of benzene rings is 2. The number of imide groups is 3. The van der Waals surface area contributed by atoms with Gasteiger partial charge in [-0.25, -0.2) is 9.59 Å². The molecular weight excluding hydrogens is 592 g/mol. The van der Waals surface area contributed by atoms with Crippen LogP contribution >= 0.6 is 12.4 Å². The molecule has 2 aromatic rings. The molecule has 0 aromatic heterocycles. The number of nitrogens with one attached hydrogen (secondary N) is 2. The van der Waals surface area contributed by atoms with E-state index >= 15 is 0 Å². The molecular formula is C27H28ClN4O11-. The summed E-state index contributed by atoms with van der Waals surface area (Å²) in [5, 5.41) is 23.1. The number of cyclic esters (lactones) is 2. The van der Waals surface area contributed by atoms with Crippen molar-refractivity contribution in [2.75, 3.05) is 0 Å². The third-order valence-corrected chi connectivity index (χ3v) is 6.38. The van der Waals surface area contributed by atoms with Gasteiger partial charge in [-0.15, -0.1) is 12.4 Å². The van der Waals surface area contributed by atoms with Gasteiger partial charge >= 0.3 is 11.9 Å². The van der Waals surface area contributed by atoms with Crippen molar-refractivity contribution in [3.63, 3.8) is 0 Å². The fourth-order valence-corrected chi connectivity index (χ4v) is 4.32. The average molecular weight is 621 g/mol. The minimum atomic E-state index is -1.01. The number of aromatic hydroxyl groups is 2. The van der Waals surface area contributed by atoms with Crippen LogP contribution in [0.5, 0.6) is 11.5 Å². The number of amides is 6. The van der Waals surface area contributed by atoms with E-state index in [1.807, 2.05) is 0 Å². The van der Waals surface area contributed by atoms with Crippen LogP contribution in [0, 0.1) is 0 Å². The van der Waals surface area contributed by atoms with Crippen LogP contribution in [0.1, 0.15) is 76.0 Å². The molecule has 6 N–H and O–H groups in total. The second kappa shape index (κ2) is 13.7. The number of phenolic OH excluding ortho intramolecular Hbond substituents is 2. The lowest BCUT2D eigenvalue weighted by molar-refractivity contribution is -0.137. The molecule has 2 atom stereocenters. The molecule has 2 fully saturated rings. The van der Waals surface area contributed by atoms with E-state index in [0.29, 0.717) is 12.8 Å². The van der Waals surface area contributed by atoms with Crippen LogP contribution in [-0.4, -0.2) is 74.6 Å². The molecule has 4 aliphatic rings. The summed E-state index contributed by atoms with van der Waals surface area (Å²) in [4.78, 5) is 90.9. The first kappa shape index (κ1) is 34.1. The molecule has 0 spiro atoms. The van der Waals surface area contributed by atoms with Gasteiger partial charge in [-0.3, -0.25) is 44.3 Å². The van der Waals surface area contributed by atoms with E-state index in [1.54, 1.807) is 0 Å². The van der Waals surface area contributed by atoms with Crippen molar-refractivity contribution in [2.24, 2.45) is 5.73 Å². The molecule has 6 rings (SSSR count). The van der Waals surface area contributed by atoms with Crippen LogP contribution < -0.4 is 16.4 Å². The number of carbonyl (C=O) groups is 8. The number of halogens is 1. The number of fused-ring (bicyclic) bond motifs is 2. The fraction of sp³-hybridized carbons (Fsp3) is 0.259. The van der Waals surface area contributed by atoms with Gasteiger partial charge in [-0.05, 0) is 37.1 Å². The Morgan fingerprint density at radius 1 is 0.744 bits per heavy atom. The lowest BCUT2D eigenvalue weighted by Gasteiger charge is -2.27. The third kappa shape index (κ3) is 6.85. The van der Waals surface area contributed by atoms with Crippen LogP contribution in [0.2, 0.25) is 0 Å². The molecule has 4 aliphatic heterocycles. The number of carbonyl (C=O) groups excluding carboxylic acids is 8. The van der Waals surface area contributed by atoms with Crippen LogP contribution in [0.15, 0.2) is 36.4 Å². The number of esters is 2. The fourth-order valence-electron chi connectivity index (χ4n) is 4.32. The molecule has 6 amide bonds. The molecule has 15 nitrogen and oxygen atoms in total. The molecule has 16 heteroatoms. The number of ether oxygens (including phenoxy) is 1. The number of nitrogens with two attached hydrogens (primary N) is 1. The van der Waals surface area contributed by atoms with E-state index in [0.717, 1.165) is 4.90 Å². The maximum atomic E-state index is 12.2. The zero-order valence-electron chi connectivity index (χ0n) is 22.4. The summed E-state index contributed by atoms with van der Waals surface area (Å²) in [7, 11) is 0. The highest BCUT2D eigenvalue weighted by atomic mass is 35.5. The molecule has 230 valence electrons. The van der Waals surface area contributed by atoms with Gasteiger partial charge in [0, 0.05) is 12.8 Å². The van der Waals surface area contributed by atoms with Crippen LogP contribution in [0.25, 0.3) is 0 Å². The van der Waals surface area contributed by atoms with E-state index in [9.17, 15) is 43.5 Å². The molecule has 2 unspecified atom stereocenters. The number of nitrogens with zero attached hydrogens (tertiary/aromatic N) is 1. The van der Waals surface area contributed by atoms with Gasteiger partial charge < -0.3 is 22.1 Å². The first-order chi connectivity index (χ1) is 19.4. The third-order valence-electron chi connectivity index (χ3n) is 6.38. The Morgan fingerprint density at radius 3 is 1.79 bits per heavy atom. The van der Waals surface area contributed by atoms with Crippen LogP contribution in [0.4, 0.5) is 0 Å². The van der Waals surface area contributed by atoms with Crippen LogP contribution in [-0.2, 0) is 23.9 Å². The van der Waals surface area contributed by atoms with Gasteiger partial charge in [0.1, 0.15) is 23.1 Å². The summed E-state index contributed by atoms with van der Waals surface area (Å²) in [6.07, 6.45) is 1.00. The smallest absolute Gasteiger partial charge is 0.350 e. The van der Waals surface area contributed by atoms with Crippen molar-refractivity contribution in [1.29, 1.82) is 0 Å². The predicted octanol–water partition coefficient (Wildman–Crippen LogP) is 0.417. The minimum Gasteiger partial charge on any atom is -1.00 e. The van der Waals surface area contributed by atoms with Crippen molar-refractivity contribution in [3.8, 4) is 11.5 Å². The van der Waals surface area contributed by atoms with Gasteiger partial charge in [-0.2, -0.15) is 0 Å². The van der Waals surface area contributed by atoms with Gasteiger partial charge in [0.15, 0.2) is 0 Å². The van der Waals surface area contributed by atoms with E-state index in [1.165, 1.54) is 36.4 Å².